The van der Waals surface area contributed by atoms with Crippen LogP contribution in [-0.2, 0) is 4.74 Å². The second kappa shape index (κ2) is 8.59. The van der Waals surface area contributed by atoms with Gasteiger partial charge in [0.15, 0.2) is 0 Å². The van der Waals surface area contributed by atoms with Crippen LogP contribution in [0.1, 0.15) is 36.2 Å². The maximum Gasteiger partial charge on any atom is 0.253 e. The Kier molecular flexibility index (Phi) is 7.09. The highest BCUT2D eigenvalue weighted by Gasteiger charge is 2.14. The first kappa shape index (κ1) is 16.5. The predicted octanol–water partition coefficient (Wildman–Crippen LogP) is 2.93. The van der Waals surface area contributed by atoms with Gasteiger partial charge >= 0.3 is 0 Å². The van der Waals surface area contributed by atoms with Gasteiger partial charge in [0, 0.05) is 38.0 Å². The van der Waals surface area contributed by atoms with Gasteiger partial charge in [-0.2, -0.15) is 0 Å². The molecule has 1 rings (SSSR count). The molecule has 4 nitrogen and oxygen atoms in total. The fraction of sp³-hybridized carbons (Fsp3) is 0.562. The van der Waals surface area contributed by atoms with E-state index < -0.39 is 0 Å². The second-order valence-electron chi connectivity index (χ2n) is 4.83. The number of aryl methyl sites for hydroxylation is 1. The Labute approximate surface area is 122 Å². The lowest BCUT2D eigenvalue weighted by Crippen LogP contribution is -2.33. The molecule has 0 saturated carbocycles. The summed E-state index contributed by atoms with van der Waals surface area (Å²) >= 11 is 0. The monoisotopic (exact) mass is 278 g/mol. The van der Waals surface area contributed by atoms with Crippen molar-refractivity contribution in [1.29, 1.82) is 0 Å². The zero-order valence-electron chi connectivity index (χ0n) is 13.0. The normalized spacial score (nSPS) is 10.4. The standard InChI is InChI=1S/C16H26N2O2/c1-5-9-17-15-8-7-14(12-13(15)3)16(19)18(6-2)10-11-20-4/h7-8,12,17H,5-6,9-11H2,1-4H3. The van der Waals surface area contributed by atoms with Crippen molar-refractivity contribution in [3.63, 3.8) is 0 Å². The van der Waals surface area contributed by atoms with E-state index in [1.54, 1.807) is 12.0 Å². The number of likely N-dealkylation sites (N-methyl/N-ethyl adjacent to an activating group) is 1. The highest BCUT2D eigenvalue weighted by atomic mass is 16.5. The van der Waals surface area contributed by atoms with E-state index in [1.807, 2.05) is 32.0 Å². The Hall–Kier alpha value is -1.55. The molecular formula is C16H26N2O2. The number of nitrogens with one attached hydrogen (secondary N) is 1. The molecule has 0 radical (unpaired) electrons. The van der Waals surface area contributed by atoms with Crippen LogP contribution in [0.3, 0.4) is 0 Å². The molecule has 0 saturated heterocycles. The van der Waals surface area contributed by atoms with Gasteiger partial charge in [-0.15, -0.1) is 0 Å². The van der Waals surface area contributed by atoms with Gasteiger partial charge in [0.05, 0.1) is 6.61 Å². The SMILES string of the molecule is CCCNc1ccc(C(=O)N(CC)CCOC)cc1C. The molecule has 0 aliphatic carbocycles. The van der Waals surface area contributed by atoms with Crippen LogP contribution in [-0.4, -0.2) is 44.2 Å². The molecule has 1 aromatic carbocycles. The lowest BCUT2D eigenvalue weighted by Gasteiger charge is -2.21. The number of anilines is 1. The van der Waals surface area contributed by atoms with Gasteiger partial charge in [-0.25, -0.2) is 0 Å². The summed E-state index contributed by atoms with van der Waals surface area (Å²) in [4.78, 5) is 14.2. The van der Waals surface area contributed by atoms with Crippen molar-refractivity contribution in [2.75, 3.05) is 38.7 Å². The van der Waals surface area contributed by atoms with Crippen molar-refractivity contribution in [2.45, 2.75) is 27.2 Å². The Morgan fingerprint density at radius 3 is 2.65 bits per heavy atom. The summed E-state index contributed by atoms with van der Waals surface area (Å²) in [5.74, 6) is 0.0645. The first-order valence-electron chi connectivity index (χ1n) is 7.26. The summed E-state index contributed by atoms with van der Waals surface area (Å²) in [7, 11) is 1.65. The topological polar surface area (TPSA) is 41.6 Å². The lowest BCUT2D eigenvalue weighted by molar-refractivity contribution is 0.0706. The van der Waals surface area contributed by atoms with E-state index in [0.29, 0.717) is 19.7 Å². The van der Waals surface area contributed by atoms with Crippen LogP contribution in [0.25, 0.3) is 0 Å². The van der Waals surface area contributed by atoms with Crippen molar-refractivity contribution in [1.82, 2.24) is 4.90 Å². The molecule has 0 aliphatic heterocycles. The first-order valence-corrected chi connectivity index (χ1v) is 7.26. The number of benzene rings is 1. The number of methoxy groups -OCH3 is 1. The fourth-order valence-electron chi connectivity index (χ4n) is 2.04. The zero-order valence-corrected chi connectivity index (χ0v) is 13.0. The fourth-order valence-corrected chi connectivity index (χ4v) is 2.04. The van der Waals surface area contributed by atoms with Crippen LogP contribution < -0.4 is 5.32 Å². The third kappa shape index (κ3) is 4.53. The average molecular weight is 278 g/mol. The summed E-state index contributed by atoms with van der Waals surface area (Å²) in [5.41, 5.74) is 2.94. The summed E-state index contributed by atoms with van der Waals surface area (Å²) in [6.45, 7) is 8.97. The van der Waals surface area contributed by atoms with Crippen molar-refractivity contribution < 1.29 is 9.53 Å². The number of carbonyl (C=O) groups excluding carboxylic acids is 1. The molecule has 1 amide bonds. The first-order chi connectivity index (χ1) is 9.63. The van der Waals surface area contributed by atoms with E-state index in [1.165, 1.54) is 0 Å². The molecule has 0 unspecified atom stereocenters. The summed E-state index contributed by atoms with van der Waals surface area (Å²) in [6.07, 6.45) is 1.08. The second-order valence-corrected chi connectivity index (χ2v) is 4.83. The van der Waals surface area contributed by atoms with Crippen LogP contribution in [0.15, 0.2) is 18.2 Å². The van der Waals surface area contributed by atoms with Gasteiger partial charge in [0.1, 0.15) is 0 Å². The highest BCUT2D eigenvalue weighted by Crippen LogP contribution is 2.17. The Balaban J connectivity index is 2.79. The van der Waals surface area contributed by atoms with Crippen LogP contribution in [0.4, 0.5) is 5.69 Å². The van der Waals surface area contributed by atoms with Crippen LogP contribution >= 0.6 is 0 Å². The number of hydrogen-bond donors (Lipinski definition) is 1. The van der Waals surface area contributed by atoms with E-state index in [-0.39, 0.29) is 5.91 Å². The highest BCUT2D eigenvalue weighted by molar-refractivity contribution is 5.95. The Morgan fingerprint density at radius 2 is 2.10 bits per heavy atom. The van der Waals surface area contributed by atoms with E-state index >= 15 is 0 Å². The molecule has 20 heavy (non-hydrogen) atoms. The van der Waals surface area contributed by atoms with Crippen LogP contribution in [0.2, 0.25) is 0 Å². The minimum absolute atomic E-state index is 0.0645. The molecule has 0 heterocycles. The summed E-state index contributed by atoms with van der Waals surface area (Å²) < 4.78 is 5.04. The Morgan fingerprint density at radius 1 is 1.35 bits per heavy atom. The number of amides is 1. The molecule has 0 spiro atoms. The number of hydrogen-bond acceptors (Lipinski definition) is 3. The van der Waals surface area contributed by atoms with Crippen LogP contribution in [0.5, 0.6) is 0 Å². The van der Waals surface area contributed by atoms with Gasteiger partial charge < -0.3 is 15.0 Å². The molecular weight excluding hydrogens is 252 g/mol. The molecule has 0 aromatic heterocycles. The van der Waals surface area contributed by atoms with E-state index in [4.69, 9.17) is 4.74 Å². The smallest absolute Gasteiger partial charge is 0.253 e. The number of nitrogens with zero attached hydrogens (tertiary/aromatic N) is 1. The molecule has 1 aromatic rings. The lowest BCUT2D eigenvalue weighted by atomic mass is 10.1. The maximum atomic E-state index is 12.4. The third-order valence-electron chi connectivity index (χ3n) is 3.27. The quantitative estimate of drug-likeness (QED) is 0.795. The molecule has 0 atom stereocenters. The van der Waals surface area contributed by atoms with Gasteiger partial charge in [-0.3, -0.25) is 4.79 Å². The molecule has 4 heteroatoms. The average Bonchev–Trinajstić information content (AvgIpc) is 2.46. The zero-order chi connectivity index (χ0) is 15.0. The number of carbonyl (C=O) groups is 1. The van der Waals surface area contributed by atoms with E-state index in [9.17, 15) is 4.79 Å². The van der Waals surface area contributed by atoms with Gasteiger partial charge in [-0.05, 0) is 44.0 Å². The largest absolute Gasteiger partial charge is 0.385 e. The van der Waals surface area contributed by atoms with Gasteiger partial charge in [-0.1, -0.05) is 6.92 Å². The number of rotatable bonds is 8. The maximum absolute atomic E-state index is 12.4. The van der Waals surface area contributed by atoms with Crippen molar-refractivity contribution in [3.05, 3.63) is 29.3 Å². The van der Waals surface area contributed by atoms with E-state index in [2.05, 4.69) is 12.2 Å². The van der Waals surface area contributed by atoms with Gasteiger partial charge in [0.25, 0.3) is 5.91 Å². The summed E-state index contributed by atoms with van der Waals surface area (Å²) in [6, 6.07) is 5.83. The van der Waals surface area contributed by atoms with E-state index in [0.717, 1.165) is 29.8 Å². The predicted molar refractivity (Wildman–Crippen MR) is 83.4 cm³/mol. The third-order valence-corrected chi connectivity index (χ3v) is 3.27. The number of ether oxygens (including phenoxy) is 1. The van der Waals surface area contributed by atoms with Crippen LogP contribution in [0, 0.1) is 6.92 Å². The molecule has 0 bridgehead atoms. The molecule has 112 valence electrons. The van der Waals surface area contributed by atoms with Crippen molar-refractivity contribution in [2.24, 2.45) is 0 Å². The molecule has 1 N–H and O–H groups in total. The Bertz CT molecular complexity index is 432. The minimum Gasteiger partial charge on any atom is -0.385 e. The molecule has 0 fully saturated rings. The molecule has 0 aliphatic rings. The summed E-state index contributed by atoms with van der Waals surface area (Å²) in [5, 5.41) is 3.36. The minimum atomic E-state index is 0.0645. The van der Waals surface area contributed by atoms with Crippen molar-refractivity contribution >= 4 is 11.6 Å². The van der Waals surface area contributed by atoms with Gasteiger partial charge in [0.2, 0.25) is 0 Å². The van der Waals surface area contributed by atoms with Crippen molar-refractivity contribution in [3.8, 4) is 0 Å².